The van der Waals surface area contributed by atoms with Crippen molar-refractivity contribution in [2.24, 2.45) is 0 Å². The minimum atomic E-state index is -1.52. The highest BCUT2D eigenvalue weighted by Crippen LogP contribution is 2.44. The van der Waals surface area contributed by atoms with Crippen LogP contribution in [0, 0.1) is 0 Å². The first-order chi connectivity index (χ1) is 13.4. The van der Waals surface area contributed by atoms with Crippen LogP contribution >= 0.6 is 0 Å². The van der Waals surface area contributed by atoms with E-state index < -0.39 is 36.1 Å². The van der Waals surface area contributed by atoms with Gasteiger partial charge in [-0.1, -0.05) is 55.1 Å². The standard InChI is InChI=1S/C21H19NO6/c1-12(20(25)26)19(24)18(10-23)22-21(27)28-11-17-15-8-4-2-6-13(15)14-7-3-5-9-16(14)17/h2-9,17-18,23H,1,10-11H2,(H,22,27)(H,25,26)/t18-/m0/s1. The summed E-state index contributed by atoms with van der Waals surface area (Å²) in [6.07, 6.45) is -0.924. The summed E-state index contributed by atoms with van der Waals surface area (Å²) in [5, 5.41) is 20.3. The highest BCUT2D eigenvalue weighted by atomic mass is 16.5. The van der Waals surface area contributed by atoms with E-state index in [0.717, 1.165) is 22.3 Å². The summed E-state index contributed by atoms with van der Waals surface area (Å²) in [6, 6.07) is 14.2. The third-order valence-corrected chi connectivity index (χ3v) is 4.69. The number of rotatable bonds is 7. The van der Waals surface area contributed by atoms with Gasteiger partial charge in [0.25, 0.3) is 0 Å². The summed E-state index contributed by atoms with van der Waals surface area (Å²) in [5.74, 6) is -2.66. The van der Waals surface area contributed by atoms with Crippen molar-refractivity contribution in [3.8, 4) is 11.1 Å². The lowest BCUT2D eigenvalue weighted by Crippen LogP contribution is -2.45. The lowest BCUT2D eigenvalue weighted by molar-refractivity contribution is -0.135. The number of alkyl carbamates (subject to hydrolysis) is 1. The van der Waals surface area contributed by atoms with Crippen LogP contribution in [-0.2, 0) is 14.3 Å². The molecule has 7 heteroatoms. The summed E-state index contributed by atoms with van der Waals surface area (Å²) in [6.45, 7) is 2.40. The van der Waals surface area contributed by atoms with Gasteiger partial charge in [-0.25, -0.2) is 9.59 Å². The van der Waals surface area contributed by atoms with Crippen molar-refractivity contribution in [2.75, 3.05) is 13.2 Å². The van der Waals surface area contributed by atoms with Crippen LogP contribution in [0.15, 0.2) is 60.7 Å². The number of carboxylic acid groups (broad SMARTS) is 1. The average Bonchev–Trinajstić information content (AvgIpc) is 3.03. The maximum Gasteiger partial charge on any atom is 0.407 e. The predicted octanol–water partition coefficient (Wildman–Crippen LogP) is 2.10. The minimum Gasteiger partial charge on any atom is -0.478 e. The van der Waals surface area contributed by atoms with Crippen molar-refractivity contribution in [3.63, 3.8) is 0 Å². The van der Waals surface area contributed by atoms with Gasteiger partial charge in [0.05, 0.1) is 12.2 Å². The molecule has 0 aromatic heterocycles. The fraction of sp³-hybridized carbons (Fsp3) is 0.190. The molecule has 0 bridgehead atoms. The van der Waals surface area contributed by atoms with E-state index in [2.05, 4.69) is 11.9 Å². The molecule has 144 valence electrons. The highest BCUT2D eigenvalue weighted by molar-refractivity contribution is 6.18. The van der Waals surface area contributed by atoms with E-state index in [1.54, 1.807) is 0 Å². The number of aliphatic hydroxyl groups excluding tert-OH is 1. The molecule has 2 aromatic carbocycles. The van der Waals surface area contributed by atoms with E-state index >= 15 is 0 Å². The Kier molecular flexibility index (Phi) is 5.56. The molecule has 0 unspecified atom stereocenters. The lowest BCUT2D eigenvalue weighted by Gasteiger charge is -2.17. The molecule has 0 spiro atoms. The number of amides is 1. The largest absolute Gasteiger partial charge is 0.478 e. The zero-order valence-electron chi connectivity index (χ0n) is 14.9. The smallest absolute Gasteiger partial charge is 0.407 e. The topological polar surface area (TPSA) is 113 Å². The third kappa shape index (κ3) is 3.65. The third-order valence-electron chi connectivity index (χ3n) is 4.69. The fourth-order valence-corrected chi connectivity index (χ4v) is 3.29. The number of ether oxygens (including phenoxy) is 1. The van der Waals surface area contributed by atoms with Crippen LogP contribution in [0.2, 0.25) is 0 Å². The predicted molar refractivity (Wildman–Crippen MR) is 101 cm³/mol. The quantitative estimate of drug-likeness (QED) is 0.385. The number of fused-ring (bicyclic) bond motifs is 3. The van der Waals surface area contributed by atoms with Crippen molar-refractivity contribution >= 4 is 17.8 Å². The molecule has 0 saturated carbocycles. The molecule has 0 aliphatic heterocycles. The zero-order chi connectivity index (χ0) is 20.3. The fourth-order valence-electron chi connectivity index (χ4n) is 3.29. The molecule has 1 amide bonds. The second-order valence-electron chi connectivity index (χ2n) is 6.35. The minimum absolute atomic E-state index is 0.0338. The number of benzene rings is 2. The average molecular weight is 381 g/mol. The molecule has 2 aromatic rings. The normalized spacial score (nSPS) is 13.2. The Bertz CT molecular complexity index is 906. The van der Waals surface area contributed by atoms with Crippen LogP contribution in [0.1, 0.15) is 17.0 Å². The van der Waals surface area contributed by atoms with Gasteiger partial charge < -0.3 is 20.3 Å². The van der Waals surface area contributed by atoms with E-state index in [0.29, 0.717) is 0 Å². The number of Topliss-reactive ketones (excluding diaryl/α,β-unsaturated/α-hetero) is 1. The maximum absolute atomic E-state index is 12.1. The number of aliphatic carboxylic acids is 1. The Morgan fingerprint density at radius 3 is 2.07 bits per heavy atom. The van der Waals surface area contributed by atoms with Crippen LogP contribution in [0.5, 0.6) is 0 Å². The molecular formula is C21H19NO6. The second kappa shape index (κ2) is 8.06. The number of carbonyl (C=O) groups excluding carboxylic acids is 2. The first-order valence-corrected chi connectivity index (χ1v) is 8.62. The zero-order valence-corrected chi connectivity index (χ0v) is 14.9. The van der Waals surface area contributed by atoms with Gasteiger partial charge in [-0.15, -0.1) is 0 Å². The van der Waals surface area contributed by atoms with Crippen LogP contribution in [0.4, 0.5) is 4.79 Å². The Labute approximate surface area is 161 Å². The monoisotopic (exact) mass is 381 g/mol. The van der Waals surface area contributed by atoms with Crippen LogP contribution in [0.3, 0.4) is 0 Å². The van der Waals surface area contributed by atoms with Gasteiger partial charge in [0, 0.05) is 5.92 Å². The van der Waals surface area contributed by atoms with Crippen molar-refractivity contribution in [1.82, 2.24) is 5.32 Å². The number of hydrogen-bond donors (Lipinski definition) is 3. The van der Waals surface area contributed by atoms with Gasteiger partial charge in [0.1, 0.15) is 12.6 Å². The molecule has 0 radical (unpaired) electrons. The summed E-state index contributed by atoms with van der Waals surface area (Å²) >= 11 is 0. The molecule has 0 fully saturated rings. The van der Waals surface area contributed by atoms with Crippen LogP contribution < -0.4 is 5.32 Å². The van der Waals surface area contributed by atoms with E-state index in [4.69, 9.17) is 9.84 Å². The Morgan fingerprint density at radius 1 is 1.04 bits per heavy atom. The SMILES string of the molecule is C=C(C(=O)O)C(=O)[C@H](CO)NC(=O)OCC1c2ccccc2-c2ccccc21. The molecule has 28 heavy (non-hydrogen) atoms. The van der Waals surface area contributed by atoms with Gasteiger partial charge in [0.2, 0.25) is 0 Å². The number of carbonyl (C=O) groups is 3. The van der Waals surface area contributed by atoms with Crippen molar-refractivity contribution in [1.29, 1.82) is 0 Å². The lowest BCUT2D eigenvalue weighted by atomic mass is 9.98. The molecular weight excluding hydrogens is 362 g/mol. The van der Waals surface area contributed by atoms with Gasteiger partial charge >= 0.3 is 12.1 Å². The number of nitrogens with one attached hydrogen (secondary N) is 1. The number of carboxylic acids is 1. The summed E-state index contributed by atoms with van der Waals surface area (Å²) in [5.41, 5.74) is 3.50. The van der Waals surface area contributed by atoms with E-state index in [1.165, 1.54) is 0 Å². The van der Waals surface area contributed by atoms with E-state index in [1.807, 2.05) is 48.5 Å². The van der Waals surface area contributed by atoms with Gasteiger partial charge in [-0.3, -0.25) is 4.79 Å². The summed E-state index contributed by atoms with van der Waals surface area (Å²) in [7, 11) is 0. The maximum atomic E-state index is 12.1. The van der Waals surface area contributed by atoms with Crippen molar-refractivity contribution in [3.05, 3.63) is 71.8 Å². The Morgan fingerprint density at radius 2 is 1.57 bits per heavy atom. The second-order valence-corrected chi connectivity index (χ2v) is 6.35. The molecule has 7 nitrogen and oxygen atoms in total. The van der Waals surface area contributed by atoms with Crippen LogP contribution in [0.25, 0.3) is 11.1 Å². The summed E-state index contributed by atoms with van der Waals surface area (Å²) in [4.78, 5) is 34.9. The number of ketones is 1. The molecule has 1 aliphatic carbocycles. The summed E-state index contributed by atoms with van der Waals surface area (Å²) < 4.78 is 5.27. The first kappa shape index (κ1) is 19.3. The molecule has 3 rings (SSSR count). The molecule has 1 aliphatic rings. The highest BCUT2D eigenvalue weighted by Gasteiger charge is 2.30. The van der Waals surface area contributed by atoms with Gasteiger partial charge in [0.15, 0.2) is 5.78 Å². The first-order valence-electron chi connectivity index (χ1n) is 8.62. The van der Waals surface area contributed by atoms with E-state index in [-0.39, 0.29) is 12.5 Å². The molecule has 0 saturated heterocycles. The molecule has 3 N–H and O–H groups in total. The van der Waals surface area contributed by atoms with Gasteiger partial charge in [-0.05, 0) is 22.3 Å². The Balaban J connectivity index is 1.69. The molecule has 1 atom stereocenters. The number of aliphatic hydroxyl groups is 1. The number of hydrogen-bond acceptors (Lipinski definition) is 5. The van der Waals surface area contributed by atoms with Gasteiger partial charge in [-0.2, -0.15) is 0 Å². The molecule has 0 heterocycles. The van der Waals surface area contributed by atoms with Crippen LogP contribution in [-0.4, -0.2) is 47.3 Å². The Hall–Kier alpha value is -3.45. The van der Waals surface area contributed by atoms with E-state index in [9.17, 15) is 19.5 Å². The van der Waals surface area contributed by atoms with Crippen molar-refractivity contribution in [2.45, 2.75) is 12.0 Å². The van der Waals surface area contributed by atoms with Crippen molar-refractivity contribution < 1.29 is 29.3 Å².